The van der Waals surface area contributed by atoms with Crippen molar-refractivity contribution in [1.29, 1.82) is 5.26 Å². The van der Waals surface area contributed by atoms with Gasteiger partial charge in [0, 0.05) is 18.8 Å². The average molecular weight is 422 g/mol. The number of nitrogens with one attached hydrogen (secondary N) is 1. The summed E-state index contributed by atoms with van der Waals surface area (Å²) in [4.78, 5) is 14.5. The molecule has 2 aromatic carbocycles. The van der Waals surface area contributed by atoms with E-state index in [0.717, 1.165) is 37.0 Å². The number of alkyl halides is 3. The molecule has 0 radical (unpaired) electrons. The number of halogens is 4. The summed E-state index contributed by atoms with van der Waals surface area (Å²) < 4.78 is 38.6. The van der Waals surface area contributed by atoms with Crippen molar-refractivity contribution in [2.45, 2.75) is 20.0 Å². The lowest BCUT2D eigenvalue weighted by atomic mass is 10.1. The molecular formula is C21H19ClF3N3O. The van der Waals surface area contributed by atoms with Crippen LogP contribution >= 0.6 is 11.6 Å². The molecule has 0 aromatic heterocycles. The highest BCUT2D eigenvalue weighted by molar-refractivity contribution is 6.34. The van der Waals surface area contributed by atoms with Crippen LogP contribution in [0.2, 0.25) is 5.02 Å². The number of anilines is 2. The quantitative estimate of drug-likeness (QED) is 0.477. The summed E-state index contributed by atoms with van der Waals surface area (Å²) in [6.45, 7) is 5.76. The molecule has 0 fully saturated rings. The minimum atomic E-state index is -4.58. The number of carbonyl (C=O) groups is 1. The molecule has 0 bridgehead atoms. The Hall–Kier alpha value is -2.98. The van der Waals surface area contributed by atoms with Gasteiger partial charge in [-0.1, -0.05) is 23.7 Å². The van der Waals surface area contributed by atoms with Gasteiger partial charge in [0.05, 0.1) is 16.3 Å². The number of hydrogen-bond acceptors (Lipinski definition) is 3. The Morgan fingerprint density at radius 1 is 1.17 bits per heavy atom. The van der Waals surface area contributed by atoms with E-state index in [9.17, 15) is 23.2 Å². The Kier molecular flexibility index (Phi) is 7.29. The first-order valence-corrected chi connectivity index (χ1v) is 9.22. The van der Waals surface area contributed by atoms with Crippen molar-refractivity contribution in [2.75, 3.05) is 23.3 Å². The first-order chi connectivity index (χ1) is 13.7. The van der Waals surface area contributed by atoms with Crippen LogP contribution in [0.25, 0.3) is 6.08 Å². The Labute approximate surface area is 172 Å². The van der Waals surface area contributed by atoms with Crippen molar-refractivity contribution in [3.63, 3.8) is 0 Å². The highest BCUT2D eigenvalue weighted by atomic mass is 35.5. The molecule has 0 unspecified atom stereocenters. The van der Waals surface area contributed by atoms with Crippen LogP contribution in [0.1, 0.15) is 25.0 Å². The van der Waals surface area contributed by atoms with Gasteiger partial charge >= 0.3 is 6.18 Å². The second kappa shape index (κ2) is 9.48. The highest BCUT2D eigenvalue weighted by Crippen LogP contribution is 2.34. The zero-order chi connectivity index (χ0) is 21.6. The highest BCUT2D eigenvalue weighted by Gasteiger charge is 2.31. The van der Waals surface area contributed by atoms with Gasteiger partial charge in [0.15, 0.2) is 0 Å². The Morgan fingerprint density at radius 3 is 2.31 bits per heavy atom. The van der Waals surface area contributed by atoms with E-state index in [4.69, 9.17) is 11.6 Å². The summed E-state index contributed by atoms with van der Waals surface area (Å²) in [5.74, 6) is -0.846. The molecule has 0 saturated carbocycles. The van der Waals surface area contributed by atoms with Crippen molar-refractivity contribution in [2.24, 2.45) is 0 Å². The maximum Gasteiger partial charge on any atom is 0.416 e. The largest absolute Gasteiger partial charge is 0.416 e. The van der Waals surface area contributed by atoms with E-state index in [1.807, 2.05) is 26.0 Å². The fourth-order valence-electron chi connectivity index (χ4n) is 2.67. The van der Waals surface area contributed by atoms with Crippen LogP contribution in [0.15, 0.2) is 48.0 Å². The lowest BCUT2D eigenvalue weighted by Crippen LogP contribution is -2.21. The van der Waals surface area contributed by atoms with Crippen molar-refractivity contribution in [1.82, 2.24) is 0 Å². The Bertz CT molecular complexity index is 943. The lowest BCUT2D eigenvalue weighted by molar-refractivity contribution is -0.137. The van der Waals surface area contributed by atoms with E-state index in [2.05, 4.69) is 10.2 Å². The molecular weight excluding hydrogens is 403 g/mol. The number of nitrogens with zero attached hydrogens (tertiary/aromatic N) is 2. The zero-order valence-corrected chi connectivity index (χ0v) is 16.6. The van der Waals surface area contributed by atoms with Gasteiger partial charge in [0.2, 0.25) is 0 Å². The van der Waals surface area contributed by atoms with Crippen LogP contribution in [-0.4, -0.2) is 19.0 Å². The monoisotopic (exact) mass is 421 g/mol. The third kappa shape index (κ3) is 5.75. The first kappa shape index (κ1) is 22.3. The van der Waals surface area contributed by atoms with Crippen LogP contribution in [0.3, 0.4) is 0 Å². The molecule has 29 heavy (non-hydrogen) atoms. The summed E-state index contributed by atoms with van der Waals surface area (Å²) >= 11 is 5.88. The summed E-state index contributed by atoms with van der Waals surface area (Å²) in [7, 11) is 0. The van der Waals surface area contributed by atoms with E-state index >= 15 is 0 Å². The molecule has 0 spiro atoms. The number of amides is 1. The van der Waals surface area contributed by atoms with Gasteiger partial charge in [-0.05, 0) is 55.8 Å². The van der Waals surface area contributed by atoms with Crippen LogP contribution in [-0.2, 0) is 11.0 Å². The van der Waals surface area contributed by atoms with E-state index in [1.54, 1.807) is 18.2 Å². The van der Waals surface area contributed by atoms with Crippen LogP contribution < -0.4 is 10.2 Å². The Morgan fingerprint density at radius 2 is 1.79 bits per heavy atom. The predicted octanol–water partition coefficient (Wildman–Crippen LogP) is 5.75. The smallest absolute Gasteiger partial charge is 0.372 e. The number of nitriles is 1. The topological polar surface area (TPSA) is 56.1 Å². The number of rotatable bonds is 6. The molecule has 4 nitrogen and oxygen atoms in total. The SMILES string of the molecule is CCN(CC)c1ccc(C=C(C#N)C(=O)Nc2cc(C(F)(F)F)ccc2Cl)cc1. The number of carbonyl (C=O) groups excluding carboxylic acids is 1. The minimum absolute atomic E-state index is 0.0628. The van der Waals surface area contributed by atoms with Gasteiger partial charge in [-0.3, -0.25) is 4.79 Å². The van der Waals surface area contributed by atoms with E-state index in [-0.39, 0.29) is 16.3 Å². The van der Waals surface area contributed by atoms with Crippen molar-refractivity contribution < 1.29 is 18.0 Å². The van der Waals surface area contributed by atoms with Gasteiger partial charge in [0.25, 0.3) is 5.91 Å². The summed E-state index contributed by atoms with van der Waals surface area (Å²) in [5, 5.41) is 11.5. The molecule has 0 saturated heterocycles. The molecule has 2 aromatic rings. The van der Waals surface area contributed by atoms with Crippen LogP contribution in [0, 0.1) is 11.3 Å². The predicted molar refractivity (Wildman–Crippen MR) is 109 cm³/mol. The first-order valence-electron chi connectivity index (χ1n) is 8.84. The average Bonchev–Trinajstić information content (AvgIpc) is 2.68. The molecule has 8 heteroatoms. The van der Waals surface area contributed by atoms with Gasteiger partial charge in [-0.2, -0.15) is 18.4 Å². The zero-order valence-electron chi connectivity index (χ0n) is 15.8. The van der Waals surface area contributed by atoms with Gasteiger partial charge < -0.3 is 10.2 Å². The molecule has 0 atom stereocenters. The second-order valence-electron chi connectivity index (χ2n) is 6.08. The van der Waals surface area contributed by atoms with Gasteiger partial charge in [-0.15, -0.1) is 0 Å². The van der Waals surface area contributed by atoms with Crippen LogP contribution in [0.5, 0.6) is 0 Å². The maximum absolute atomic E-state index is 12.9. The molecule has 0 heterocycles. The molecule has 0 aliphatic rings. The standard InChI is InChI=1S/C21H19ClF3N3O/c1-3-28(4-2)17-8-5-14(6-9-17)11-15(13-26)20(29)27-19-12-16(21(23,24)25)7-10-18(19)22/h5-12H,3-4H2,1-2H3,(H,27,29). The molecule has 152 valence electrons. The second-order valence-corrected chi connectivity index (χ2v) is 6.49. The van der Waals surface area contributed by atoms with Crippen molar-refractivity contribution >= 4 is 35.0 Å². The van der Waals surface area contributed by atoms with E-state index < -0.39 is 17.6 Å². The minimum Gasteiger partial charge on any atom is -0.372 e. The van der Waals surface area contributed by atoms with E-state index in [1.165, 1.54) is 6.08 Å². The molecule has 2 rings (SSSR count). The summed E-state index contributed by atoms with van der Waals surface area (Å²) in [6.07, 6.45) is -3.21. The van der Waals surface area contributed by atoms with Crippen molar-refractivity contribution in [3.05, 3.63) is 64.2 Å². The third-order valence-corrected chi connectivity index (χ3v) is 4.57. The van der Waals surface area contributed by atoms with Crippen molar-refractivity contribution in [3.8, 4) is 6.07 Å². The molecule has 1 N–H and O–H groups in total. The fourth-order valence-corrected chi connectivity index (χ4v) is 2.84. The molecule has 0 aliphatic carbocycles. The van der Waals surface area contributed by atoms with Crippen LogP contribution in [0.4, 0.5) is 24.5 Å². The fraction of sp³-hybridized carbons (Fsp3) is 0.238. The maximum atomic E-state index is 12.9. The lowest BCUT2D eigenvalue weighted by Gasteiger charge is -2.20. The molecule has 0 aliphatic heterocycles. The van der Waals surface area contributed by atoms with Gasteiger partial charge in [-0.25, -0.2) is 0 Å². The third-order valence-electron chi connectivity index (χ3n) is 4.24. The van der Waals surface area contributed by atoms with E-state index in [0.29, 0.717) is 5.56 Å². The van der Waals surface area contributed by atoms with Gasteiger partial charge in [0.1, 0.15) is 11.6 Å². The molecule has 1 amide bonds. The summed E-state index contributed by atoms with van der Waals surface area (Å²) in [5.41, 5.74) is 0.193. The Balaban J connectivity index is 2.24. The number of hydrogen-bond donors (Lipinski definition) is 1. The number of benzene rings is 2. The normalized spacial score (nSPS) is 11.7. The summed E-state index contributed by atoms with van der Waals surface area (Å²) in [6, 6.07) is 11.6.